The van der Waals surface area contributed by atoms with E-state index in [1.165, 1.54) is 24.8 Å². The fraction of sp³-hybridized carbons (Fsp3) is 0.700. The van der Waals surface area contributed by atoms with Crippen LogP contribution in [0.15, 0.2) is 6.20 Å². The maximum absolute atomic E-state index is 5.87. The van der Waals surface area contributed by atoms with Crippen molar-refractivity contribution in [3.05, 3.63) is 17.5 Å². The normalized spacial score (nSPS) is 19.9. The molecular formula is C10H17N3. The summed E-state index contributed by atoms with van der Waals surface area (Å²) in [4.78, 5) is 0. The first-order valence-electron chi connectivity index (χ1n) is 4.97. The minimum absolute atomic E-state index is 0.0665. The zero-order valence-corrected chi connectivity index (χ0v) is 8.33. The zero-order valence-electron chi connectivity index (χ0n) is 8.33. The quantitative estimate of drug-likeness (QED) is 0.751. The number of nitrogens with zero attached hydrogens (tertiary/aromatic N) is 2. The summed E-state index contributed by atoms with van der Waals surface area (Å²) < 4.78 is 1.88. The first-order valence-corrected chi connectivity index (χ1v) is 4.97. The Morgan fingerprint density at radius 3 is 2.77 bits per heavy atom. The molecule has 0 spiro atoms. The van der Waals surface area contributed by atoms with Crippen molar-refractivity contribution in [2.75, 3.05) is 0 Å². The Hall–Kier alpha value is -0.830. The molecular weight excluding hydrogens is 162 g/mol. The van der Waals surface area contributed by atoms with Crippen LogP contribution < -0.4 is 5.73 Å². The average Bonchev–Trinajstić information content (AvgIpc) is 2.27. The largest absolute Gasteiger partial charge is 0.323 e. The van der Waals surface area contributed by atoms with Crippen molar-refractivity contribution in [2.45, 2.75) is 38.1 Å². The summed E-state index contributed by atoms with van der Waals surface area (Å²) in [6.07, 6.45) is 6.11. The van der Waals surface area contributed by atoms with Crippen molar-refractivity contribution in [2.24, 2.45) is 12.8 Å². The molecule has 1 aliphatic carbocycles. The van der Waals surface area contributed by atoms with Gasteiger partial charge in [-0.25, -0.2) is 0 Å². The molecule has 1 atom stereocenters. The second-order valence-corrected chi connectivity index (χ2v) is 4.06. The smallest absolute Gasteiger partial charge is 0.0823 e. The predicted octanol–water partition coefficient (Wildman–Crippen LogP) is 1.71. The molecule has 3 heteroatoms. The molecule has 1 aliphatic rings. The van der Waals surface area contributed by atoms with Crippen LogP contribution >= 0.6 is 0 Å². The number of aromatic nitrogens is 2. The first-order chi connectivity index (χ1) is 6.18. The van der Waals surface area contributed by atoms with Gasteiger partial charge < -0.3 is 5.73 Å². The second kappa shape index (κ2) is 3.14. The summed E-state index contributed by atoms with van der Waals surface area (Å²) in [6, 6.07) is 0.0665. The van der Waals surface area contributed by atoms with Crippen LogP contribution in [0.4, 0.5) is 0 Å². The van der Waals surface area contributed by atoms with Crippen molar-refractivity contribution in [3.8, 4) is 0 Å². The van der Waals surface area contributed by atoms with E-state index < -0.39 is 0 Å². The third-order valence-corrected chi connectivity index (χ3v) is 2.86. The summed E-state index contributed by atoms with van der Waals surface area (Å²) >= 11 is 0. The van der Waals surface area contributed by atoms with E-state index in [9.17, 15) is 0 Å². The van der Waals surface area contributed by atoms with Gasteiger partial charge in [-0.1, -0.05) is 6.42 Å². The van der Waals surface area contributed by atoms with Gasteiger partial charge >= 0.3 is 0 Å². The third kappa shape index (κ3) is 1.48. The lowest BCUT2D eigenvalue weighted by atomic mass is 9.79. The third-order valence-electron chi connectivity index (χ3n) is 2.86. The lowest BCUT2D eigenvalue weighted by Crippen LogP contribution is -2.14. The van der Waals surface area contributed by atoms with Gasteiger partial charge in [-0.3, -0.25) is 4.68 Å². The first kappa shape index (κ1) is 8.75. The van der Waals surface area contributed by atoms with Crippen molar-refractivity contribution in [1.29, 1.82) is 0 Å². The Labute approximate surface area is 78.9 Å². The summed E-state index contributed by atoms with van der Waals surface area (Å²) in [5.74, 6) is 0.731. The number of nitrogens with two attached hydrogens (primary N) is 1. The van der Waals surface area contributed by atoms with Gasteiger partial charge in [0.05, 0.1) is 5.69 Å². The Kier molecular flexibility index (Phi) is 2.12. The number of hydrogen-bond donors (Lipinski definition) is 1. The molecule has 0 amide bonds. The average molecular weight is 179 g/mol. The van der Waals surface area contributed by atoms with E-state index in [-0.39, 0.29) is 6.04 Å². The molecule has 1 heterocycles. The topological polar surface area (TPSA) is 43.8 Å². The molecule has 1 fully saturated rings. The number of rotatable bonds is 2. The highest BCUT2D eigenvalue weighted by molar-refractivity contribution is 5.25. The van der Waals surface area contributed by atoms with Crippen molar-refractivity contribution in [3.63, 3.8) is 0 Å². The van der Waals surface area contributed by atoms with Crippen LogP contribution in [0, 0.1) is 0 Å². The van der Waals surface area contributed by atoms with E-state index in [4.69, 9.17) is 5.73 Å². The van der Waals surface area contributed by atoms with Crippen LogP contribution in [-0.4, -0.2) is 9.78 Å². The zero-order chi connectivity index (χ0) is 9.42. The molecule has 1 aromatic rings. The van der Waals surface area contributed by atoms with Crippen LogP contribution in [0.5, 0.6) is 0 Å². The molecule has 3 nitrogen and oxygen atoms in total. The number of aryl methyl sites for hydroxylation is 1. The fourth-order valence-corrected chi connectivity index (χ4v) is 1.91. The standard InChI is InChI=1S/C10H17N3/c1-7(11)10-9(6-13(2)12-10)8-4-3-5-8/h6-8H,3-5,11H2,1-2H3. The minimum Gasteiger partial charge on any atom is -0.323 e. The minimum atomic E-state index is 0.0665. The molecule has 0 bridgehead atoms. The molecule has 1 unspecified atom stereocenters. The summed E-state index contributed by atoms with van der Waals surface area (Å²) in [6.45, 7) is 2.00. The van der Waals surface area contributed by atoms with Gasteiger partial charge in [-0.05, 0) is 31.2 Å². The van der Waals surface area contributed by atoms with Crippen molar-refractivity contribution < 1.29 is 0 Å². The molecule has 13 heavy (non-hydrogen) atoms. The monoisotopic (exact) mass is 179 g/mol. The van der Waals surface area contributed by atoms with Gasteiger partial charge in [-0.2, -0.15) is 5.10 Å². The molecule has 0 aliphatic heterocycles. The molecule has 0 aromatic carbocycles. The van der Waals surface area contributed by atoms with E-state index in [1.807, 2.05) is 18.7 Å². The van der Waals surface area contributed by atoms with Crippen LogP contribution in [0.1, 0.15) is 49.4 Å². The maximum Gasteiger partial charge on any atom is 0.0823 e. The van der Waals surface area contributed by atoms with E-state index in [0.29, 0.717) is 0 Å². The lowest BCUT2D eigenvalue weighted by molar-refractivity contribution is 0.415. The van der Waals surface area contributed by atoms with E-state index >= 15 is 0 Å². The molecule has 1 aromatic heterocycles. The van der Waals surface area contributed by atoms with Gasteiger partial charge in [-0.15, -0.1) is 0 Å². The van der Waals surface area contributed by atoms with Gasteiger partial charge in [0, 0.05) is 19.3 Å². The van der Waals surface area contributed by atoms with Crippen LogP contribution in [0.25, 0.3) is 0 Å². The van der Waals surface area contributed by atoms with Gasteiger partial charge in [0.2, 0.25) is 0 Å². The lowest BCUT2D eigenvalue weighted by Gasteiger charge is -2.25. The predicted molar refractivity (Wildman–Crippen MR) is 52.4 cm³/mol. The van der Waals surface area contributed by atoms with Gasteiger partial charge in [0.15, 0.2) is 0 Å². The number of hydrogen-bond acceptors (Lipinski definition) is 2. The Morgan fingerprint density at radius 1 is 1.62 bits per heavy atom. The Balaban J connectivity index is 2.31. The second-order valence-electron chi connectivity index (χ2n) is 4.06. The van der Waals surface area contributed by atoms with Gasteiger partial charge in [0.25, 0.3) is 0 Å². The summed E-state index contributed by atoms with van der Waals surface area (Å²) in [5, 5.41) is 4.40. The molecule has 0 saturated heterocycles. The van der Waals surface area contributed by atoms with Crippen LogP contribution in [0.3, 0.4) is 0 Å². The summed E-state index contributed by atoms with van der Waals surface area (Å²) in [7, 11) is 1.97. The molecule has 2 N–H and O–H groups in total. The van der Waals surface area contributed by atoms with E-state index in [0.717, 1.165) is 11.6 Å². The van der Waals surface area contributed by atoms with Gasteiger partial charge in [0.1, 0.15) is 0 Å². The fourth-order valence-electron chi connectivity index (χ4n) is 1.91. The highest BCUT2D eigenvalue weighted by Gasteiger charge is 2.25. The van der Waals surface area contributed by atoms with Crippen molar-refractivity contribution in [1.82, 2.24) is 9.78 Å². The highest BCUT2D eigenvalue weighted by Crippen LogP contribution is 2.38. The Morgan fingerprint density at radius 2 is 2.31 bits per heavy atom. The van der Waals surface area contributed by atoms with Crippen LogP contribution in [0.2, 0.25) is 0 Å². The van der Waals surface area contributed by atoms with Crippen LogP contribution in [-0.2, 0) is 7.05 Å². The highest BCUT2D eigenvalue weighted by atomic mass is 15.3. The summed E-state index contributed by atoms with van der Waals surface area (Å²) in [5.41, 5.74) is 8.34. The molecule has 0 radical (unpaired) electrons. The SMILES string of the molecule is CC(N)c1nn(C)cc1C1CCC1. The van der Waals surface area contributed by atoms with E-state index in [1.54, 1.807) is 0 Å². The molecule has 1 saturated carbocycles. The molecule has 72 valence electrons. The van der Waals surface area contributed by atoms with E-state index in [2.05, 4.69) is 11.3 Å². The Bertz CT molecular complexity index is 297. The maximum atomic E-state index is 5.87. The van der Waals surface area contributed by atoms with Crippen molar-refractivity contribution >= 4 is 0 Å². The molecule has 2 rings (SSSR count).